The van der Waals surface area contributed by atoms with Gasteiger partial charge < -0.3 is 10.6 Å². The zero-order valence-corrected chi connectivity index (χ0v) is 22.2. The molecule has 6 rings (SSSR count). The third-order valence-corrected chi connectivity index (χ3v) is 11.5. The van der Waals surface area contributed by atoms with E-state index in [1.54, 1.807) is 17.4 Å². The highest BCUT2D eigenvalue weighted by molar-refractivity contribution is 7.10. The molecule has 190 valence electrons. The summed E-state index contributed by atoms with van der Waals surface area (Å²) in [5.41, 5.74) is 1.35. The Balaban J connectivity index is 1.21. The van der Waals surface area contributed by atoms with Gasteiger partial charge >= 0.3 is 0 Å². The highest BCUT2D eigenvalue weighted by Gasteiger charge is 2.60. The quantitative estimate of drug-likeness (QED) is 0.522. The van der Waals surface area contributed by atoms with Gasteiger partial charge in [0.25, 0.3) is 0 Å². The van der Waals surface area contributed by atoms with E-state index in [4.69, 9.17) is 0 Å². The van der Waals surface area contributed by atoms with Gasteiger partial charge in [0.2, 0.25) is 11.8 Å². The third kappa shape index (κ3) is 3.95. The van der Waals surface area contributed by atoms with Crippen LogP contribution in [0.15, 0.2) is 60.0 Å². The second kappa shape index (κ2) is 9.16. The maximum atomic E-state index is 13.9. The molecule has 3 aliphatic carbocycles. The number of hydrogen-bond donors (Lipinski definition) is 2. The van der Waals surface area contributed by atoms with Crippen LogP contribution in [0.25, 0.3) is 0 Å². The van der Waals surface area contributed by atoms with Gasteiger partial charge in [-0.1, -0.05) is 56.3 Å². The summed E-state index contributed by atoms with van der Waals surface area (Å²) >= 11 is 1.73. The predicted molar refractivity (Wildman–Crippen MR) is 144 cm³/mol. The van der Waals surface area contributed by atoms with Crippen molar-refractivity contribution < 1.29 is 9.59 Å². The maximum Gasteiger partial charge on any atom is 0.243 e. The molecule has 1 aliphatic heterocycles. The smallest absolute Gasteiger partial charge is 0.243 e. The van der Waals surface area contributed by atoms with Crippen LogP contribution >= 0.6 is 11.3 Å². The van der Waals surface area contributed by atoms with Gasteiger partial charge in [-0.15, -0.1) is 11.3 Å². The average molecular weight is 503 g/mol. The standard InChI is InChI=1S/C31H38N2O2S/c1-30-16-14-23-21(10-13-27-31(23,2)17-15-28(34)33-27)22(30)11-12-24(30)29(35)32-25(26-9-6-18-36-26)19-20-7-4-3-5-8-20/h3-9,15,17-18,21-25,27H,10-14,16,19H2,1-2H3,(H,32,35)(H,33,34)/t21-,22-,23+,24?,25?,27?,30-,31+/m0/s1. The summed E-state index contributed by atoms with van der Waals surface area (Å²) in [5.74, 6) is 2.20. The van der Waals surface area contributed by atoms with E-state index in [-0.39, 0.29) is 40.6 Å². The van der Waals surface area contributed by atoms with E-state index in [2.05, 4.69) is 72.3 Å². The molecule has 1 aromatic heterocycles. The molecule has 4 aliphatic rings. The van der Waals surface area contributed by atoms with Gasteiger partial charge in [-0.3, -0.25) is 9.59 Å². The molecule has 2 amide bonds. The molecule has 3 saturated carbocycles. The van der Waals surface area contributed by atoms with Gasteiger partial charge in [-0.05, 0) is 91.2 Å². The summed E-state index contributed by atoms with van der Waals surface area (Å²) in [6.45, 7) is 4.77. The van der Waals surface area contributed by atoms with Gasteiger partial charge in [-0.25, -0.2) is 0 Å². The number of fused-ring (bicyclic) bond motifs is 5. The molecule has 0 saturated heterocycles. The van der Waals surface area contributed by atoms with E-state index in [9.17, 15) is 9.59 Å². The number of benzene rings is 1. The lowest BCUT2D eigenvalue weighted by molar-refractivity contribution is -0.134. The number of rotatable bonds is 5. The van der Waals surface area contributed by atoms with Crippen molar-refractivity contribution in [2.45, 2.75) is 70.9 Å². The van der Waals surface area contributed by atoms with E-state index >= 15 is 0 Å². The summed E-state index contributed by atoms with van der Waals surface area (Å²) in [5, 5.41) is 8.87. The molecule has 2 N–H and O–H groups in total. The Hall–Kier alpha value is -2.40. The number of hydrogen-bond acceptors (Lipinski definition) is 3. The maximum absolute atomic E-state index is 13.9. The van der Waals surface area contributed by atoms with Crippen LogP contribution in [0.2, 0.25) is 0 Å². The second-order valence-electron chi connectivity index (χ2n) is 12.2. The first-order valence-electron chi connectivity index (χ1n) is 13.8. The lowest BCUT2D eigenvalue weighted by atomic mass is 9.48. The first-order valence-corrected chi connectivity index (χ1v) is 14.6. The Morgan fingerprint density at radius 3 is 2.67 bits per heavy atom. The number of carbonyl (C=O) groups is 2. The Kier molecular flexibility index (Phi) is 6.10. The monoisotopic (exact) mass is 502 g/mol. The van der Waals surface area contributed by atoms with Crippen molar-refractivity contribution >= 4 is 23.2 Å². The zero-order chi connectivity index (χ0) is 24.9. The van der Waals surface area contributed by atoms with Crippen LogP contribution in [0.1, 0.15) is 68.9 Å². The molecular weight excluding hydrogens is 464 g/mol. The summed E-state index contributed by atoms with van der Waals surface area (Å²) in [4.78, 5) is 27.2. The van der Waals surface area contributed by atoms with Gasteiger partial charge in [0.1, 0.15) is 0 Å². The van der Waals surface area contributed by atoms with Crippen LogP contribution in [0.5, 0.6) is 0 Å². The lowest BCUT2D eigenvalue weighted by Crippen LogP contribution is -2.59. The normalized spacial score (nSPS) is 37.8. The van der Waals surface area contributed by atoms with Gasteiger partial charge in [-0.2, -0.15) is 0 Å². The summed E-state index contributed by atoms with van der Waals surface area (Å²) in [6.07, 6.45) is 11.4. The molecule has 36 heavy (non-hydrogen) atoms. The van der Waals surface area contributed by atoms with Crippen molar-refractivity contribution in [1.29, 1.82) is 0 Å². The lowest BCUT2D eigenvalue weighted by Gasteiger charge is -2.58. The fourth-order valence-corrected chi connectivity index (χ4v) is 9.38. The summed E-state index contributed by atoms with van der Waals surface area (Å²) < 4.78 is 0. The molecule has 3 unspecified atom stereocenters. The topological polar surface area (TPSA) is 58.2 Å². The predicted octanol–water partition coefficient (Wildman–Crippen LogP) is 6.06. The largest absolute Gasteiger partial charge is 0.349 e. The molecule has 3 fully saturated rings. The van der Waals surface area contributed by atoms with Crippen LogP contribution in [0.3, 0.4) is 0 Å². The Morgan fingerprint density at radius 2 is 1.89 bits per heavy atom. The molecule has 0 bridgehead atoms. The number of nitrogens with one attached hydrogen (secondary N) is 2. The molecule has 8 atom stereocenters. The van der Waals surface area contributed by atoms with Crippen LogP contribution < -0.4 is 10.6 Å². The highest BCUT2D eigenvalue weighted by Crippen LogP contribution is 2.65. The van der Waals surface area contributed by atoms with Crippen molar-refractivity contribution in [2.24, 2.45) is 34.5 Å². The van der Waals surface area contributed by atoms with Gasteiger partial charge in [0.05, 0.1) is 6.04 Å². The van der Waals surface area contributed by atoms with Crippen LogP contribution in [-0.4, -0.2) is 17.9 Å². The second-order valence-corrected chi connectivity index (χ2v) is 13.1. The van der Waals surface area contributed by atoms with Crippen LogP contribution in [0, 0.1) is 34.5 Å². The number of thiophene rings is 1. The fourth-order valence-electron chi connectivity index (χ4n) is 8.60. The van der Waals surface area contributed by atoms with Crippen molar-refractivity contribution in [1.82, 2.24) is 10.6 Å². The van der Waals surface area contributed by atoms with Crippen LogP contribution in [-0.2, 0) is 16.0 Å². The number of amides is 2. The minimum absolute atomic E-state index is 0.0178. The summed E-state index contributed by atoms with van der Waals surface area (Å²) in [6, 6.07) is 15.0. The van der Waals surface area contributed by atoms with E-state index in [0.717, 1.165) is 38.5 Å². The van der Waals surface area contributed by atoms with E-state index in [1.807, 2.05) is 6.07 Å². The average Bonchev–Trinajstić information content (AvgIpc) is 3.53. The Labute approximate surface area is 219 Å². The SMILES string of the molecule is C[C@]12C=CC(=O)NC1CC[C@@H]1[C@H]2CC[C@]2(C)C(C(=O)NC(Cc3ccccc3)c3cccs3)CC[C@@H]12. The van der Waals surface area contributed by atoms with Crippen molar-refractivity contribution in [2.75, 3.05) is 0 Å². The molecule has 0 spiro atoms. The van der Waals surface area contributed by atoms with E-state index in [1.165, 1.54) is 16.9 Å². The van der Waals surface area contributed by atoms with Crippen LogP contribution in [0.4, 0.5) is 0 Å². The minimum atomic E-state index is 0.0178. The molecular formula is C31H38N2O2S. The molecule has 4 nitrogen and oxygen atoms in total. The Morgan fingerprint density at radius 1 is 1.06 bits per heavy atom. The third-order valence-electron chi connectivity index (χ3n) is 10.5. The molecule has 1 aromatic carbocycles. The van der Waals surface area contributed by atoms with Crippen molar-refractivity contribution in [3.8, 4) is 0 Å². The van der Waals surface area contributed by atoms with Gasteiger partial charge in [0, 0.05) is 22.3 Å². The first kappa shape index (κ1) is 24.0. The highest BCUT2D eigenvalue weighted by atomic mass is 32.1. The number of carbonyl (C=O) groups excluding carboxylic acids is 2. The first-order chi connectivity index (χ1) is 17.4. The van der Waals surface area contributed by atoms with Crippen molar-refractivity contribution in [3.63, 3.8) is 0 Å². The molecule has 0 radical (unpaired) electrons. The molecule has 2 heterocycles. The van der Waals surface area contributed by atoms with Crippen molar-refractivity contribution in [3.05, 3.63) is 70.4 Å². The van der Waals surface area contributed by atoms with Gasteiger partial charge in [0.15, 0.2) is 0 Å². The molecule has 5 heteroatoms. The van der Waals surface area contributed by atoms with E-state index in [0.29, 0.717) is 17.8 Å². The summed E-state index contributed by atoms with van der Waals surface area (Å²) in [7, 11) is 0. The fraction of sp³-hybridized carbons (Fsp3) is 0.548. The Bertz CT molecular complexity index is 1140. The van der Waals surface area contributed by atoms with E-state index < -0.39 is 0 Å². The minimum Gasteiger partial charge on any atom is -0.349 e. The molecule has 2 aromatic rings. The zero-order valence-electron chi connectivity index (χ0n) is 21.4.